The number of hydrogen-bond acceptors (Lipinski definition) is 4. The normalized spacial score (nSPS) is 8.66. The number of aromatic carboxylic acids is 1. The molecule has 0 bridgehead atoms. The van der Waals surface area contributed by atoms with Crippen molar-refractivity contribution in [3.05, 3.63) is 108 Å². The number of carboxylic acid groups (broad SMARTS) is 1. The van der Waals surface area contributed by atoms with Crippen molar-refractivity contribution in [2.45, 2.75) is 42.5 Å². The second-order valence-electron chi connectivity index (χ2n) is 7.11. The molecule has 38 heavy (non-hydrogen) atoms. The minimum Gasteiger partial charge on any atom is -0.478 e. The van der Waals surface area contributed by atoms with Gasteiger partial charge < -0.3 is 15.3 Å². The highest BCUT2D eigenvalue weighted by atomic mass is 35.5. The monoisotopic (exact) mass is 544 g/mol. The van der Waals surface area contributed by atoms with E-state index < -0.39 is 11.2 Å². The van der Waals surface area contributed by atoms with Gasteiger partial charge in [-0.15, -0.1) is 0 Å². The molecule has 3 aromatic rings. The van der Waals surface area contributed by atoms with Gasteiger partial charge in [0.05, 0.1) is 5.56 Å². The van der Waals surface area contributed by atoms with Crippen LogP contribution < -0.4 is 5.32 Å². The van der Waals surface area contributed by atoms with Gasteiger partial charge in [0.2, 0.25) is 0 Å². The van der Waals surface area contributed by atoms with Crippen LogP contribution >= 0.6 is 11.6 Å². The molecule has 1 amide bonds. The standard InChI is InChI=1S/C11H15NO.C7H5ClO.C7H6O2.C4H11N.2CH4/c1-3-12(4-2)11(13)10-8-6-5-7-9-10;2*8-7(9)6-4-2-1-3-5-6;1-3-5-4-2;;/h5-9H,3-4H2,1-2H3;1-5H;1-5H,(H,8,9);5H,3-4H2,1-2H3;2*1H4. The van der Waals surface area contributed by atoms with Crippen LogP contribution in [0.15, 0.2) is 91.0 Å². The van der Waals surface area contributed by atoms with Gasteiger partial charge in [-0.25, -0.2) is 4.79 Å². The maximum Gasteiger partial charge on any atom is 0.335 e. The zero-order valence-corrected chi connectivity index (χ0v) is 22.2. The van der Waals surface area contributed by atoms with Gasteiger partial charge in [-0.3, -0.25) is 9.59 Å². The van der Waals surface area contributed by atoms with Gasteiger partial charge in [0.1, 0.15) is 0 Å². The van der Waals surface area contributed by atoms with Gasteiger partial charge >= 0.3 is 5.97 Å². The fourth-order valence-electron chi connectivity index (χ4n) is 2.67. The number of amides is 1. The minimum absolute atomic E-state index is 0. The third-order valence-corrected chi connectivity index (χ3v) is 4.81. The van der Waals surface area contributed by atoms with Crippen LogP contribution in [0.1, 0.15) is 73.6 Å². The van der Waals surface area contributed by atoms with Crippen LogP contribution in [-0.2, 0) is 0 Å². The summed E-state index contributed by atoms with van der Waals surface area (Å²) in [5.74, 6) is -0.763. The summed E-state index contributed by atoms with van der Waals surface area (Å²) >= 11 is 5.16. The fourth-order valence-corrected chi connectivity index (χ4v) is 2.80. The molecular weight excluding hydrogens is 500 g/mol. The SMILES string of the molecule is C.C.CCN(CC)C(=O)c1ccccc1.CCNCC.O=C(Cl)c1ccccc1.O=C(O)c1ccccc1. The van der Waals surface area contributed by atoms with Crippen LogP contribution in [0.4, 0.5) is 0 Å². The van der Waals surface area contributed by atoms with Crippen LogP contribution in [0.2, 0.25) is 0 Å². The summed E-state index contributed by atoms with van der Waals surface area (Å²) in [6.45, 7) is 11.9. The number of halogens is 1. The summed E-state index contributed by atoms with van der Waals surface area (Å²) in [6.07, 6.45) is 0. The molecule has 3 rings (SSSR count). The predicted octanol–water partition coefficient (Wildman–Crippen LogP) is 7.51. The third-order valence-electron chi connectivity index (χ3n) is 4.59. The van der Waals surface area contributed by atoms with E-state index in [0.717, 1.165) is 31.7 Å². The molecular formula is C31H45ClN2O4. The van der Waals surface area contributed by atoms with Gasteiger partial charge in [0.25, 0.3) is 11.1 Å². The quantitative estimate of drug-likeness (QED) is 0.300. The Morgan fingerprint density at radius 1 is 0.658 bits per heavy atom. The summed E-state index contributed by atoms with van der Waals surface area (Å²) in [4.78, 5) is 34.2. The second-order valence-corrected chi connectivity index (χ2v) is 7.45. The third kappa shape index (κ3) is 17.9. The van der Waals surface area contributed by atoms with Crippen LogP contribution in [0, 0.1) is 0 Å². The first-order valence-electron chi connectivity index (χ1n) is 11.9. The number of hydrogen-bond donors (Lipinski definition) is 2. The molecule has 2 N–H and O–H groups in total. The summed E-state index contributed by atoms with van der Waals surface area (Å²) < 4.78 is 0. The lowest BCUT2D eigenvalue weighted by Crippen LogP contribution is -2.30. The highest BCUT2D eigenvalue weighted by Gasteiger charge is 2.10. The topological polar surface area (TPSA) is 86.7 Å². The van der Waals surface area contributed by atoms with E-state index in [2.05, 4.69) is 19.2 Å². The molecule has 0 aliphatic carbocycles. The Morgan fingerprint density at radius 2 is 1.00 bits per heavy atom. The zero-order valence-electron chi connectivity index (χ0n) is 21.5. The molecule has 3 aromatic carbocycles. The van der Waals surface area contributed by atoms with Crippen molar-refractivity contribution >= 4 is 28.7 Å². The Hall–Kier alpha value is -3.48. The molecule has 7 heteroatoms. The average molecular weight is 545 g/mol. The Balaban J connectivity index is -0.000000442. The maximum absolute atomic E-state index is 11.7. The van der Waals surface area contributed by atoms with Crippen molar-refractivity contribution in [2.24, 2.45) is 0 Å². The van der Waals surface area contributed by atoms with Gasteiger partial charge in [0.15, 0.2) is 0 Å². The molecule has 0 fully saturated rings. The van der Waals surface area contributed by atoms with Crippen molar-refractivity contribution in [3.8, 4) is 0 Å². The molecule has 0 atom stereocenters. The van der Waals surface area contributed by atoms with E-state index in [9.17, 15) is 14.4 Å². The Labute approximate surface area is 234 Å². The van der Waals surface area contributed by atoms with Crippen LogP contribution in [0.25, 0.3) is 0 Å². The van der Waals surface area contributed by atoms with Crippen LogP contribution in [0.5, 0.6) is 0 Å². The summed E-state index contributed by atoms with van der Waals surface area (Å²) in [6, 6.07) is 26.4. The number of nitrogens with one attached hydrogen (secondary N) is 1. The summed E-state index contributed by atoms with van der Waals surface area (Å²) in [5, 5.41) is 11.1. The molecule has 0 heterocycles. The first kappa shape index (κ1) is 39.0. The maximum atomic E-state index is 11.7. The highest BCUT2D eigenvalue weighted by Crippen LogP contribution is 2.04. The van der Waals surface area contributed by atoms with E-state index in [1.165, 1.54) is 0 Å². The molecule has 0 aliphatic heterocycles. The molecule has 6 nitrogen and oxygen atoms in total. The average Bonchev–Trinajstić information content (AvgIpc) is 2.92. The van der Waals surface area contributed by atoms with Gasteiger partial charge in [-0.2, -0.15) is 0 Å². The van der Waals surface area contributed by atoms with Crippen molar-refractivity contribution in [3.63, 3.8) is 0 Å². The van der Waals surface area contributed by atoms with Crippen molar-refractivity contribution in [1.29, 1.82) is 0 Å². The van der Waals surface area contributed by atoms with Crippen molar-refractivity contribution in [2.75, 3.05) is 26.2 Å². The van der Waals surface area contributed by atoms with Gasteiger partial charge in [0, 0.05) is 24.2 Å². The van der Waals surface area contributed by atoms with E-state index in [0.29, 0.717) is 11.1 Å². The van der Waals surface area contributed by atoms with Crippen molar-refractivity contribution < 1.29 is 19.5 Å². The first-order chi connectivity index (χ1) is 17.3. The number of carbonyl (C=O) groups is 3. The molecule has 210 valence electrons. The number of rotatable bonds is 7. The zero-order chi connectivity index (χ0) is 27.2. The molecule has 0 radical (unpaired) electrons. The second kappa shape index (κ2) is 25.2. The Kier molecular flexibility index (Phi) is 25.9. The van der Waals surface area contributed by atoms with Gasteiger partial charge in [-0.05, 0) is 62.8 Å². The van der Waals surface area contributed by atoms with E-state index >= 15 is 0 Å². The van der Waals surface area contributed by atoms with Crippen LogP contribution in [0.3, 0.4) is 0 Å². The largest absolute Gasteiger partial charge is 0.478 e. The lowest BCUT2D eigenvalue weighted by molar-refractivity contribution is 0.0695. The summed E-state index contributed by atoms with van der Waals surface area (Å²) in [7, 11) is 0. The lowest BCUT2D eigenvalue weighted by atomic mass is 10.2. The molecule has 0 spiro atoms. The highest BCUT2D eigenvalue weighted by molar-refractivity contribution is 6.67. The van der Waals surface area contributed by atoms with Crippen molar-refractivity contribution in [1.82, 2.24) is 10.2 Å². The van der Waals surface area contributed by atoms with Gasteiger partial charge in [-0.1, -0.05) is 95.4 Å². The predicted molar refractivity (Wildman–Crippen MR) is 161 cm³/mol. The molecule has 0 aromatic heterocycles. The molecule has 0 saturated carbocycles. The lowest BCUT2D eigenvalue weighted by Gasteiger charge is -2.18. The number of benzene rings is 3. The fraction of sp³-hybridized carbons (Fsp3) is 0.323. The molecule has 0 saturated heterocycles. The van der Waals surface area contributed by atoms with E-state index in [1.54, 1.807) is 54.6 Å². The molecule has 0 aliphatic rings. The number of carboxylic acids is 1. The summed E-state index contributed by atoms with van der Waals surface area (Å²) in [5.41, 5.74) is 1.64. The molecule has 0 unspecified atom stereocenters. The number of nitrogens with zero attached hydrogens (tertiary/aromatic N) is 1. The minimum atomic E-state index is -0.879. The Bertz CT molecular complexity index is 929. The first-order valence-corrected chi connectivity index (χ1v) is 12.3. The van der Waals surface area contributed by atoms with E-state index in [4.69, 9.17) is 16.7 Å². The number of carbonyl (C=O) groups excluding carboxylic acids is 2. The Morgan fingerprint density at radius 3 is 1.21 bits per heavy atom. The van der Waals surface area contributed by atoms with E-state index in [-0.39, 0.29) is 20.8 Å². The smallest absolute Gasteiger partial charge is 0.335 e. The van der Waals surface area contributed by atoms with E-state index in [1.807, 2.05) is 55.1 Å². The van der Waals surface area contributed by atoms with Crippen LogP contribution in [-0.4, -0.2) is 53.3 Å².